The largest absolute Gasteiger partial charge is 0.364 e. The minimum absolute atomic E-state index is 0.179. The summed E-state index contributed by atoms with van der Waals surface area (Å²) in [6, 6.07) is 16.8. The van der Waals surface area contributed by atoms with E-state index < -0.39 is 0 Å². The van der Waals surface area contributed by atoms with Crippen molar-refractivity contribution in [3.63, 3.8) is 0 Å². The lowest BCUT2D eigenvalue weighted by Crippen LogP contribution is -2.09. The Morgan fingerprint density at radius 1 is 1.05 bits per heavy atom. The Balaban J connectivity index is 0.000000286. The Morgan fingerprint density at radius 3 is 2.05 bits per heavy atom. The van der Waals surface area contributed by atoms with Gasteiger partial charge < -0.3 is 5.32 Å². The van der Waals surface area contributed by atoms with E-state index in [1.54, 1.807) is 14.1 Å². The highest BCUT2D eigenvalue weighted by atomic mass is 35.5. The zero-order chi connectivity index (χ0) is 14.8. The van der Waals surface area contributed by atoms with Crippen molar-refractivity contribution in [3.05, 3.63) is 71.5 Å². The quantitative estimate of drug-likeness (QED) is 0.507. The molecule has 106 valence electrons. The first-order valence-electron chi connectivity index (χ1n) is 6.24. The van der Waals surface area contributed by atoms with Gasteiger partial charge in [-0.25, -0.2) is 4.39 Å². The smallest absolute Gasteiger partial charge is 0.190 e. The van der Waals surface area contributed by atoms with Crippen LogP contribution >= 0.6 is 11.6 Å². The Labute approximate surface area is 124 Å². The fraction of sp³-hybridized carbons (Fsp3) is 0.188. The molecule has 2 rings (SSSR count). The van der Waals surface area contributed by atoms with Crippen LogP contribution in [-0.4, -0.2) is 19.4 Å². The van der Waals surface area contributed by atoms with Crippen molar-refractivity contribution in [2.45, 2.75) is 6.42 Å². The fourth-order valence-electron chi connectivity index (χ4n) is 1.55. The molecule has 4 heteroatoms. The minimum atomic E-state index is -0.179. The molecule has 0 radical (unpaired) electrons. The monoisotopic (exact) mass is 292 g/mol. The van der Waals surface area contributed by atoms with Gasteiger partial charge in [0.2, 0.25) is 0 Å². The lowest BCUT2D eigenvalue weighted by Gasteiger charge is -2.00. The molecule has 0 aromatic heterocycles. The maximum absolute atomic E-state index is 12.6. The molecule has 1 N–H and O–H groups in total. The number of aliphatic imine (C=N–C) groups is 1. The van der Waals surface area contributed by atoms with Crippen LogP contribution in [0.1, 0.15) is 11.1 Å². The third kappa shape index (κ3) is 6.34. The molecule has 0 aliphatic heterocycles. The summed E-state index contributed by atoms with van der Waals surface area (Å²) >= 11 is 5.29. The number of amidine groups is 1. The Kier molecular flexibility index (Phi) is 7.36. The highest BCUT2D eigenvalue weighted by Gasteiger charge is 1.95. The van der Waals surface area contributed by atoms with E-state index in [1.807, 2.05) is 30.3 Å². The van der Waals surface area contributed by atoms with Gasteiger partial charge >= 0.3 is 0 Å². The van der Waals surface area contributed by atoms with Crippen molar-refractivity contribution >= 4 is 16.9 Å². The van der Waals surface area contributed by atoms with Gasteiger partial charge in [-0.1, -0.05) is 42.5 Å². The molecular formula is C16H18ClFN2. The van der Waals surface area contributed by atoms with Gasteiger partial charge in [0.25, 0.3) is 0 Å². The summed E-state index contributed by atoms with van der Waals surface area (Å²) < 4.78 is 12.6. The number of hydrogen-bond acceptors (Lipinski definition) is 1. The highest BCUT2D eigenvalue weighted by Crippen LogP contribution is 2.09. The van der Waals surface area contributed by atoms with Gasteiger partial charge in [-0.2, -0.15) is 0 Å². The number of halogens is 2. The van der Waals surface area contributed by atoms with Gasteiger partial charge in [-0.3, -0.25) is 4.99 Å². The molecule has 0 bridgehead atoms. The molecular weight excluding hydrogens is 275 g/mol. The first-order chi connectivity index (χ1) is 9.65. The van der Waals surface area contributed by atoms with E-state index in [4.69, 9.17) is 11.6 Å². The Bertz CT molecular complexity index is 524. The molecule has 0 heterocycles. The van der Waals surface area contributed by atoms with Crippen LogP contribution in [0, 0.1) is 5.82 Å². The standard InChI is InChI=1S/C13H11F.C3H7ClN2/c14-13-8-6-12(7-9-13)10-11-4-2-1-3-5-11;1-5-3(4)6-2/h1-9H,10H2;1-2H3,(H,5,6). The predicted molar refractivity (Wildman–Crippen MR) is 83.9 cm³/mol. The number of nitrogens with one attached hydrogen (secondary N) is 1. The van der Waals surface area contributed by atoms with Crippen molar-refractivity contribution in [1.29, 1.82) is 0 Å². The topological polar surface area (TPSA) is 24.4 Å². The summed E-state index contributed by atoms with van der Waals surface area (Å²) in [6.07, 6.45) is 0.862. The zero-order valence-electron chi connectivity index (χ0n) is 11.6. The average Bonchev–Trinajstić information content (AvgIpc) is 2.50. The van der Waals surface area contributed by atoms with E-state index in [2.05, 4.69) is 22.4 Å². The lowest BCUT2D eigenvalue weighted by molar-refractivity contribution is 0.627. The van der Waals surface area contributed by atoms with Crippen LogP contribution in [0.3, 0.4) is 0 Å². The molecule has 0 saturated carbocycles. The molecule has 2 aromatic carbocycles. The molecule has 20 heavy (non-hydrogen) atoms. The van der Waals surface area contributed by atoms with Gasteiger partial charge in [-0.15, -0.1) is 0 Å². The van der Waals surface area contributed by atoms with Crippen LogP contribution in [-0.2, 0) is 6.42 Å². The van der Waals surface area contributed by atoms with Crippen LogP contribution in [0.15, 0.2) is 59.6 Å². The third-order valence-corrected chi connectivity index (χ3v) is 2.92. The summed E-state index contributed by atoms with van der Waals surface area (Å²) in [5.41, 5.74) is 2.39. The van der Waals surface area contributed by atoms with Crippen LogP contribution in [0.25, 0.3) is 0 Å². The fourth-order valence-corrected chi connectivity index (χ4v) is 1.55. The lowest BCUT2D eigenvalue weighted by atomic mass is 10.1. The van der Waals surface area contributed by atoms with Crippen LogP contribution in [0.5, 0.6) is 0 Å². The third-order valence-electron chi connectivity index (χ3n) is 2.57. The van der Waals surface area contributed by atoms with Crippen molar-refractivity contribution in [2.24, 2.45) is 4.99 Å². The van der Waals surface area contributed by atoms with E-state index in [0.29, 0.717) is 5.29 Å². The number of benzene rings is 2. The average molecular weight is 293 g/mol. The summed E-state index contributed by atoms with van der Waals surface area (Å²) in [4.78, 5) is 3.58. The van der Waals surface area contributed by atoms with Gasteiger partial charge in [0.15, 0.2) is 5.29 Å². The van der Waals surface area contributed by atoms with Gasteiger partial charge in [0.1, 0.15) is 5.82 Å². The molecule has 0 atom stereocenters. The molecule has 0 saturated heterocycles. The SMILES string of the molecule is CN=C(Cl)NC.Fc1ccc(Cc2ccccc2)cc1. The van der Waals surface area contributed by atoms with Gasteiger partial charge in [0.05, 0.1) is 0 Å². The van der Waals surface area contributed by atoms with E-state index in [-0.39, 0.29) is 5.82 Å². The number of rotatable bonds is 2. The van der Waals surface area contributed by atoms with Gasteiger partial charge in [0, 0.05) is 14.1 Å². The maximum Gasteiger partial charge on any atom is 0.190 e. The van der Waals surface area contributed by atoms with E-state index >= 15 is 0 Å². The maximum atomic E-state index is 12.6. The van der Waals surface area contributed by atoms with E-state index in [9.17, 15) is 4.39 Å². The molecule has 0 aliphatic rings. The summed E-state index contributed by atoms with van der Waals surface area (Å²) in [5, 5.41) is 3.07. The second-order valence-electron chi connectivity index (χ2n) is 4.05. The summed E-state index contributed by atoms with van der Waals surface area (Å²) in [7, 11) is 3.34. The molecule has 0 unspecified atom stereocenters. The zero-order valence-corrected chi connectivity index (χ0v) is 12.4. The predicted octanol–water partition coefficient (Wildman–Crippen LogP) is 3.85. The molecule has 0 amide bonds. The summed E-state index contributed by atoms with van der Waals surface area (Å²) in [5.74, 6) is -0.179. The highest BCUT2D eigenvalue weighted by molar-refractivity contribution is 6.64. The second-order valence-corrected chi connectivity index (χ2v) is 4.41. The molecule has 0 spiro atoms. The Morgan fingerprint density at radius 2 is 1.60 bits per heavy atom. The minimum Gasteiger partial charge on any atom is -0.364 e. The normalized spacial score (nSPS) is 10.5. The van der Waals surface area contributed by atoms with Crippen LogP contribution < -0.4 is 5.32 Å². The van der Waals surface area contributed by atoms with Crippen LogP contribution in [0.2, 0.25) is 0 Å². The molecule has 0 fully saturated rings. The molecule has 2 aromatic rings. The molecule has 0 aliphatic carbocycles. The van der Waals surface area contributed by atoms with E-state index in [0.717, 1.165) is 12.0 Å². The first-order valence-corrected chi connectivity index (χ1v) is 6.62. The molecule has 2 nitrogen and oxygen atoms in total. The number of nitrogens with zero attached hydrogens (tertiary/aromatic N) is 1. The van der Waals surface area contributed by atoms with Crippen molar-refractivity contribution < 1.29 is 4.39 Å². The number of hydrogen-bond donors (Lipinski definition) is 1. The van der Waals surface area contributed by atoms with Crippen LogP contribution in [0.4, 0.5) is 4.39 Å². The first kappa shape index (κ1) is 16.2. The van der Waals surface area contributed by atoms with Crippen molar-refractivity contribution in [3.8, 4) is 0 Å². The van der Waals surface area contributed by atoms with Crippen molar-refractivity contribution in [2.75, 3.05) is 14.1 Å². The van der Waals surface area contributed by atoms with E-state index in [1.165, 1.54) is 17.7 Å². The Hall–Kier alpha value is -1.87. The van der Waals surface area contributed by atoms with Gasteiger partial charge in [-0.05, 0) is 41.3 Å². The second kappa shape index (κ2) is 9.10. The van der Waals surface area contributed by atoms with Crippen molar-refractivity contribution in [1.82, 2.24) is 5.32 Å². The summed E-state index contributed by atoms with van der Waals surface area (Å²) in [6.45, 7) is 0.